The maximum Gasteiger partial charge on any atom is 0.209 e. The lowest BCUT2D eigenvalue weighted by atomic mass is 10.1. The molecule has 1 aromatic heterocycles. The van der Waals surface area contributed by atoms with Gasteiger partial charge in [-0.05, 0) is 36.8 Å². The van der Waals surface area contributed by atoms with Gasteiger partial charge in [-0.1, -0.05) is 47.5 Å². The van der Waals surface area contributed by atoms with Crippen LogP contribution < -0.4 is 5.73 Å². The van der Waals surface area contributed by atoms with Gasteiger partial charge >= 0.3 is 0 Å². The molecular weight excluding hydrogens is 320 g/mol. The Morgan fingerprint density at radius 3 is 2.46 bits per heavy atom. The Hall–Kier alpha value is -2.52. The van der Waals surface area contributed by atoms with E-state index >= 15 is 0 Å². The Bertz CT molecular complexity index is 895. The summed E-state index contributed by atoms with van der Waals surface area (Å²) in [5, 5.41) is 0.641. The molecular formula is C20H19ClN2O. The number of ketones is 1. The number of aromatic nitrogens is 1. The molecule has 0 aliphatic heterocycles. The van der Waals surface area contributed by atoms with Crippen LogP contribution in [0.3, 0.4) is 0 Å². The van der Waals surface area contributed by atoms with Crippen LogP contribution >= 0.6 is 11.6 Å². The van der Waals surface area contributed by atoms with Gasteiger partial charge in [0.15, 0.2) is 0 Å². The summed E-state index contributed by atoms with van der Waals surface area (Å²) in [6, 6.07) is 17.0. The highest BCUT2D eigenvalue weighted by atomic mass is 35.5. The number of nitrogen functional groups attached to an aromatic ring is 1. The molecule has 0 saturated heterocycles. The first-order chi connectivity index (χ1) is 11.5. The molecule has 0 amide bonds. The van der Waals surface area contributed by atoms with Crippen molar-refractivity contribution < 1.29 is 4.79 Å². The number of anilines is 1. The second kappa shape index (κ2) is 6.54. The number of halogens is 1. The van der Waals surface area contributed by atoms with Gasteiger partial charge in [0, 0.05) is 35.4 Å². The largest absolute Gasteiger partial charge is 0.399 e. The molecule has 2 aromatic carbocycles. The van der Waals surface area contributed by atoms with Gasteiger partial charge in [-0.2, -0.15) is 0 Å². The molecule has 3 aromatic rings. The standard InChI is InChI=1S/C20H19ClN2O/c1-13-3-5-14(6-4-13)20(24)19-10-9-17(23(19)2)11-15-7-8-16(22)12-18(15)21/h3-10,12H,11,22H2,1-2H3. The van der Waals surface area contributed by atoms with Crippen molar-refractivity contribution in [3.8, 4) is 0 Å². The minimum Gasteiger partial charge on any atom is -0.399 e. The van der Waals surface area contributed by atoms with Crippen LogP contribution in [0.2, 0.25) is 5.02 Å². The number of rotatable bonds is 4. The summed E-state index contributed by atoms with van der Waals surface area (Å²) < 4.78 is 1.93. The number of hydrogen-bond acceptors (Lipinski definition) is 2. The fraction of sp³-hybridized carbons (Fsp3) is 0.150. The number of hydrogen-bond donors (Lipinski definition) is 1. The molecule has 0 unspecified atom stereocenters. The summed E-state index contributed by atoms with van der Waals surface area (Å²) in [5.74, 6) is 0.0205. The fourth-order valence-electron chi connectivity index (χ4n) is 2.71. The first-order valence-corrected chi connectivity index (χ1v) is 8.13. The van der Waals surface area contributed by atoms with Gasteiger partial charge in [0.05, 0.1) is 5.69 Å². The van der Waals surface area contributed by atoms with E-state index in [4.69, 9.17) is 17.3 Å². The zero-order valence-corrected chi connectivity index (χ0v) is 14.5. The summed E-state index contributed by atoms with van der Waals surface area (Å²) in [5.41, 5.74) is 10.9. The topological polar surface area (TPSA) is 48.0 Å². The molecule has 122 valence electrons. The number of benzene rings is 2. The third-order valence-electron chi connectivity index (χ3n) is 4.22. The zero-order chi connectivity index (χ0) is 17.3. The van der Waals surface area contributed by atoms with E-state index in [0.29, 0.717) is 28.4 Å². The lowest BCUT2D eigenvalue weighted by molar-refractivity contribution is 0.103. The summed E-state index contributed by atoms with van der Waals surface area (Å²) >= 11 is 6.26. The third-order valence-corrected chi connectivity index (χ3v) is 4.57. The van der Waals surface area contributed by atoms with Gasteiger partial charge < -0.3 is 10.3 Å². The fourth-order valence-corrected chi connectivity index (χ4v) is 2.97. The highest BCUT2D eigenvalue weighted by Crippen LogP contribution is 2.23. The summed E-state index contributed by atoms with van der Waals surface area (Å²) in [4.78, 5) is 12.7. The van der Waals surface area contributed by atoms with Crippen molar-refractivity contribution in [2.75, 3.05) is 5.73 Å². The van der Waals surface area contributed by atoms with Gasteiger partial charge in [0.1, 0.15) is 0 Å². The molecule has 1 heterocycles. The highest BCUT2D eigenvalue weighted by Gasteiger charge is 2.15. The van der Waals surface area contributed by atoms with Gasteiger partial charge in [-0.25, -0.2) is 0 Å². The Morgan fingerprint density at radius 2 is 1.79 bits per heavy atom. The molecule has 0 radical (unpaired) electrons. The van der Waals surface area contributed by atoms with E-state index in [2.05, 4.69) is 0 Å². The number of carbonyl (C=O) groups excluding carboxylic acids is 1. The average molecular weight is 339 g/mol. The third kappa shape index (κ3) is 3.22. The van der Waals surface area contributed by atoms with Crippen LogP contribution in [0.25, 0.3) is 0 Å². The van der Waals surface area contributed by atoms with Crippen molar-refractivity contribution in [3.63, 3.8) is 0 Å². The predicted molar refractivity (Wildman–Crippen MR) is 98.7 cm³/mol. The van der Waals surface area contributed by atoms with Gasteiger partial charge in [0.25, 0.3) is 0 Å². The van der Waals surface area contributed by atoms with Crippen molar-refractivity contribution in [2.24, 2.45) is 7.05 Å². The second-order valence-corrected chi connectivity index (χ2v) is 6.40. The summed E-state index contributed by atoms with van der Waals surface area (Å²) in [7, 11) is 1.90. The molecule has 24 heavy (non-hydrogen) atoms. The van der Waals surface area contributed by atoms with E-state index in [0.717, 1.165) is 16.8 Å². The van der Waals surface area contributed by atoms with Crippen LogP contribution in [0.5, 0.6) is 0 Å². The zero-order valence-electron chi connectivity index (χ0n) is 13.7. The molecule has 2 N–H and O–H groups in total. The van der Waals surface area contributed by atoms with Crippen molar-refractivity contribution in [3.05, 3.63) is 87.7 Å². The Kier molecular flexibility index (Phi) is 4.45. The monoisotopic (exact) mass is 338 g/mol. The van der Waals surface area contributed by atoms with Crippen molar-refractivity contribution in [1.29, 1.82) is 0 Å². The van der Waals surface area contributed by atoms with Crippen molar-refractivity contribution in [2.45, 2.75) is 13.3 Å². The molecule has 3 rings (SSSR count). The van der Waals surface area contributed by atoms with Gasteiger partial charge in [0.2, 0.25) is 5.78 Å². The van der Waals surface area contributed by atoms with E-state index in [1.807, 2.05) is 67.1 Å². The highest BCUT2D eigenvalue weighted by molar-refractivity contribution is 6.31. The number of carbonyl (C=O) groups is 1. The van der Waals surface area contributed by atoms with Crippen LogP contribution in [-0.4, -0.2) is 10.4 Å². The summed E-state index contributed by atoms with van der Waals surface area (Å²) in [6.07, 6.45) is 0.650. The SMILES string of the molecule is Cc1ccc(C(=O)c2ccc(Cc3ccc(N)cc3Cl)n2C)cc1. The number of aryl methyl sites for hydroxylation is 1. The van der Waals surface area contributed by atoms with Gasteiger partial charge in [-0.15, -0.1) is 0 Å². The molecule has 3 nitrogen and oxygen atoms in total. The molecule has 0 saturated carbocycles. The predicted octanol–water partition coefficient (Wildman–Crippen LogP) is 4.39. The molecule has 0 aliphatic rings. The Labute approximate surface area is 146 Å². The number of nitrogens with two attached hydrogens (primary N) is 1. The Morgan fingerprint density at radius 1 is 1.08 bits per heavy atom. The van der Waals surface area contributed by atoms with Crippen LogP contribution in [0.4, 0.5) is 5.69 Å². The van der Waals surface area contributed by atoms with Gasteiger partial charge in [-0.3, -0.25) is 4.79 Å². The molecule has 0 atom stereocenters. The van der Waals surface area contributed by atoms with Crippen molar-refractivity contribution in [1.82, 2.24) is 4.57 Å². The van der Waals surface area contributed by atoms with Crippen LogP contribution in [-0.2, 0) is 13.5 Å². The lowest BCUT2D eigenvalue weighted by Gasteiger charge is -2.09. The molecule has 0 aliphatic carbocycles. The maximum absolute atomic E-state index is 12.7. The van der Waals surface area contributed by atoms with E-state index in [-0.39, 0.29) is 5.78 Å². The first-order valence-electron chi connectivity index (χ1n) is 7.75. The normalized spacial score (nSPS) is 10.8. The smallest absolute Gasteiger partial charge is 0.209 e. The number of nitrogens with zero attached hydrogens (tertiary/aromatic N) is 1. The summed E-state index contributed by atoms with van der Waals surface area (Å²) in [6.45, 7) is 2.01. The molecule has 4 heteroatoms. The van der Waals surface area contributed by atoms with Crippen LogP contribution in [0.1, 0.15) is 32.9 Å². The minimum atomic E-state index is 0.0205. The van der Waals surface area contributed by atoms with E-state index in [1.165, 1.54) is 0 Å². The lowest BCUT2D eigenvalue weighted by Crippen LogP contribution is -2.09. The molecule has 0 fully saturated rings. The van der Waals surface area contributed by atoms with Crippen LogP contribution in [0.15, 0.2) is 54.6 Å². The van der Waals surface area contributed by atoms with Crippen LogP contribution in [0, 0.1) is 6.92 Å². The molecule has 0 spiro atoms. The minimum absolute atomic E-state index is 0.0205. The second-order valence-electron chi connectivity index (χ2n) is 5.99. The molecule has 0 bridgehead atoms. The van der Waals surface area contributed by atoms with E-state index in [1.54, 1.807) is 6.07 Å². The average Bonchev–Trinajstić information content (AvgIpc) is 2.91. The van der Waals surface area contributed by atoms with E-state index < -0.39 is 0 Å². The van der Waals surface area contributed by atoms with Crippen molar-refractivity contribution >= 4 is 23.1 Å². The maximum atomic E-state index is 12.7. The first kappa shape index (κ1) is 16.3. The quantitative estimate of drug-likeness (QED) is 0.566. The van der Waals surface area contributed by atoms with E-state index in [9.17, 15) is 4.79 Å². The Balaban J connectivity index is 1.88.